The minimum absolute atomic E-state index is 0.374. The smallest absolute Gasteiger partial charge is 0.0357 e. The molecule has 14 heavy (non-hydrogen) atoms. The molecular formula is C12H24N2. The molecule has 1 saturated heterocycles. The van der Waals surface area contributed by atoms with Gasteiger partial charge in [-0.25, -0.2) is 0 Å². The third kappa shape index (κ3) is 1.31. The Kier molecular flexibility index (Phi) is 2.61. The first kappa shape index (κ1) is 10.4. The number of hydrogen-bond acceptors (Lipinski definition) is 2. The Morgan fingerprint density at radius 2 is 1.79 bits per heavy atom. The number of likely N-dealkylation sites (tertiary alicyclic amines) is 1. The quantitative estimate of drug-likeness (QED) is 0.728. The van der Waals surface area contributed by atoms with Gasteiger partial charge in [0.15, 0.2) is 0 Å². The van der Waals surface area contributed by atoms with Crippen LogP contribution < -0.4 is 5.73 Å². The topological polar surface area (TPSA) is 29.3 Å². The normalized spacial score (nSPS) is 49.3. The van der Waals surface area contributed by atoms with Crippen LogP contribution in [0.5, 0.6) is 0 Å². The lowest BCUT2D eigenvalue weighted by atomic mass is 9.66. The van der Waals surface area contributed by atoms with Crippen LogP contribution in [0.15, 0.2) is 0 Å². The van der Waals surface area contributed by atoms with E-state index in [0.29, 0.717) is 5.54 Å². The summed E-state index contributed by atoms with van der Waals surface area (Å²) in [6.45, 7) is 10.5. The highest BCUT2D eigenvalue weighted by Gasteiger charge is 2.49. The van der Waals surface area contributed by atoms with Gasteiger partial charge in [0, 0.05) is 25.2 Å². The van der Waals surface area contributed by atoms with Gasteiger partial charge in [0.25, 0.3) is 0 Å². The average molecular weight is 196 g/mol. The predicted molar refractivity (Wildman–Crippen MR) is 60.1 cm³/mol. The van der Waals surface area contributed by atoms with E-state index in [-0.39, 0.29) is 0 Å². The highest BCUT2D eigenvalue weighted by atomic mass is 15.2. The first-order valence-electron chi connectivity index (χ1n) is 6.05. The first-order chi connectivity index (χ1) is 6.60. The molecule has 0 radical (unpaired) electrons. The van der Waals surface area contributed by atoms with Gasteiger partial charge in [0.05, 0.1) is 0 Å². The van der Waals surface area contributed by atoms with E-state index in [1.165, 1.54) is 25.9 Å². The summed E-state index contributed by atoms with van der Waals surface area (Å²) >= 11 is 0. The SMILES string of the molecule is CC1CN(C2(CN)CCC2C)CC1C. The Hall–Kier alpha value is -0.0800. The van der Waals surface area contributed by atoms with Crippen molar-refractivity contribution in [2.45, 2.75) is 39.2 Å². The highest BCUT2D eigenvalue weighted by Crippen LogP contribution is 2.45. The summed E-state index contributed by atoms with van der Waals surface area (Å²) in [5.74, 6) is 2.52. The summed E-state index contributed by atoms with van der Waals surface area (Å²) in [5, 5.41) is 0. The van der Waals surface area contributed by atoms with Crippen molar-refractivity contribution < 1.29 is 0 Å². The largest absolute Gasteiger partial charge is 0.329 e. The number of rotatable bonds is 2. The predicted octanol–water partition coefficient (Wildman–Crippen LogP) is 1.70. The molecule has 1 aliphatic carbocycles. The van der Waals surface area contributed by atoms with Crippen LogP contribution in [0, 0.1) is 17.8 Å². The van der Waals surface area contributed by atoms with E-state index < -0.39 is 0 Å². The summed E-state index contributed by atoms with van der Waals surface area (Å²) in [5.41, 5.74) is 6.36. The van der Waals surface area contributed by atoms with Crippen LogP contribution in [-0.2, 0) is 0 Å². The van der Waals surface area contributed by atoms with Crippen LogP contribution in [0.3, 0.4) is 0 Å². The van der Waals surface area contributed by atoms with E-state index in [0.717, 1.165) is 24.3 Å². The maximum atomic E-state index is 5.99. The molecule has 2 aliphatic rings. The zero-order valence-corrected chi connectivity index (χ0v) is 9.79. The fourth-order valence-corrected chi connectivity index (χ4v) is 3.16. The standard InChI is InChI=1S/C12H24N2/c1-9-6-14(7-10(9)2)12(8-13)5-4-11(12)3/h9-11H,4-8,13H2,1-3H3. The molecule has 0 spiro atoms. The second-order valence-corrected chi connectivity index (χ2v) is 5.61. The van der Waals surface area contributed by atoms with Crippen molar-refractivity contribution in [1.82, 2.24) is 4.90 Å². The minimum atomic E-state index is 0.374. The van der Waals surface area contributed by atoms with Gasteiger partial charge in [-0.2, -0.15) is 0 Å². The van der Waals surface area contributed by atoms with Crippen LogP contribution in [0.2, 0.25) is 0 Å². The van der Waals surface area contributed by atoms with Crippen molar-refractivity contribution in [3.63, 3.8) is 0 Å². The molecule has 2 fully saturated rings. The van der Waals surface area contributed by atoms with E-state index in [4.69, 9.17) is 5.73 Å². The molecule has 0 bridgehead atoms. The average Bonchev–Trinajstić information content (AvgIpc) is 2.46. The van der Waals surface area contributed by atoms with Crippen LogP contribution in [0.1, 0.15) is 33.6 Å². The third-order valence-electron chi connectivity index (χ3n) is 4.90. The summed E-state index contributed by atoms with van der Waals surface area (Å²) in [6, 6.07) is 0. The molecule has 82 valence electrons. The van der Waals surface area contributed by atoms with E-state index in [2.05, 4.69) is 25.7 Å². The molecule has 0 amide bonds. The molecule has 1 aliphatic heterocycles. The Morgan fingerprint density at radius 1 is 1.21 bits per heavy atom. The lowest BCUT2D eigenvalue weighted by Crippen LogP contribution is -2.62. The molecular weight excluding hydrogens is 172 g/mol. The van der Waals surface area contributed by atoms with Crippen LogP contribution in [-0.4, -0.2) is 30.1 Å². The zero-order chi connectivity index (χ0) is 10.3. The summed E-state index contributed by atoms with van der Waals surface area (Å²) in [6.07, 6.45) is 2.70. The third-order valence-corrected chi connectivity index (χ3v) is 4.90. The number of hydrogen-bond donors (Lipinski definition) is 1. The van der Waals surface area contributed by atoms with Crippen molar-refractivity contribution in [1.29, 1.82) is 0 Å². The fraction of sp³-hybridized carbons (Fsp3) is 1.00. The van der Waals surface area contributed by atoms with E-state index in [1.54, 1.807) is 0 Å². The summed E-state index contributed by atoms with van der Waals surface area (Å²) in [7, 11) is 0. The van der Waals surface area contributed by atoms with E-state index in [9.17, 15) is 0 Å². The van der Waals surface area contributed by atoms with Gasteiger partial charge in [0.2, 0.25) is 0 Å². The molecule has 0 aromatic heterocycles. The van der Waals surface area contributed by atoms with Crippen LogP contribution >= 0.6 is 0 Å². The molecule has 4 unspecified atom stereocenters. The van der Waals surface area contributed by atoms with Crippen molar-refractivity contribution >= 4 is 0 Å². The van der Waals surface area contributed by atoms with Crippen LogP contribution in [0.25, 0.3) is 0 Å². The Balaban J connectivity index is 2.07. The van der Waals surface area contributed by atoms with E-state index in [1.807, 2.05) is 0 Å². The Morgan fingerprint density at radius 3 is 2.07 bits per heavy atom. The van der Waals surface area contributed by atoms with Gasteiger partial charge >= 0.3 is 0 Å². The molecule has 4 atom stereocenters. The number of nitrogens with zero attached hydrogens (tertiary/aromatic N) is 1. The van der Waals surface area contributed by atoms with Gasteiger partial charge in [0.1, 0.15) is 0 Å². The molecule has 2 N–H and O–H groups in total. The lowest BCUT2D eigenvalue weighted by molar-refractivity contribution is -0.0173. The Labute approximate surface area is 87.8 Å². The maximum absolute atomic E-state index is 5.99. The van der Waals surface area contributed by atoms with Gasteiger partial charge in [-0.1, -0.05) is 20.8 Å². The molecule has 0 aromatic carbocycles. The Bertz CT molecular complexity index is 202. The second kappa shape index (κ2) is 3.49. The zero-order valence-electron chi connectivity index (χ0n) is 9.79. The molecule has 2 rings (SSSR count). The van der Waals surface area contributed by atoms with Crippen molar-refractivity contribution in [2.24, 2.45) is 23.5 Å². The molecule has 0 aromatic rings. The summed E-state index contributed by atoms with van der Waals surface area (Å²) in [4.78, 5) is 2.68. The van der Waals surface area contributed by atoms with E-state index >= 15 is 0 Å². The van der Waals surface area contributed by atoms with Crippen molar-refractivity contribution in [3.8, 4) is 0 Å². The lowest BCUT2D eigenvalue weighted by Gasteiger charge is -2.53. The monoisotopic (exact) mass is 196 g/mol. The fourth-order valence-electron chi connectivity index (χ4n) is 3.16. The van der Waals surface area contributed by atoms with Gasteiger partial charge < -0.3 is 5.73 Å². The molecule has 2 heteroatoms. The molecule has 2 nitrogen and oxygen atoms in total. The first-order valence-corrected chi connectivity index (χ1v) is 6.05. The van der Waals surface area contributed by atoms with Gasteiger partial charge in [-0.15, -0.1) is 0 Å². The van der Waals surface area contributed by atoms with Gasteiger partial charge in [-0.3, -0.25) is 4.90 Å². The van der Waals surface area contributed by atoms with Gasteiger partial charge in [-0.05, 0) is 30.6 Å². The van der Waals surface area contributed by atoms with Crippen LogP contribution in [0.4, 0.5) is 0 Å². The second-order valence-electron chi connectivity index (χ2n) is 5.61. The van der Waals surface area contributed by atoms with Crippen molar-refractivity contribution in [3.05, 3.63) is 0 Å². The molecule has 1 heterocycles. The summed E-state index contributed by atoms with van der Waals surface area (Å²) < 4.78 is 0. The minimum Gasteiger partial charge on any atom is -0.329 e. The number of nitrogens with two attached hydrogens (primary N) is 1. The maximum Gasteiger partial charge on any atom is 0.0357 e. The molecule has 1 saturated carbocycles. The van der Waals surface area contributed by atoms with Crippen molar-refractivity contribution in [2.75, 3.05) is 19.6 Å². The highest BCUT2D eigenvalue weighted by molar-refractivity contribution is 5.05.